The van der Waals surface area contributed by atoms with Crippen molar-refractivity contribution in [2.24, 2.45) is 5.73 Å². The average molecular weight is 252 g/mol. The number of carbonyl (C=O) groups excluding carboxylic acids is 1. The molecule has 102 valence electrons. The van der Waals surface area contributed by atoms with E-state index in [2.05, 4.69) is 16.5 Å². The zero-order chi connectivity index (χ0) is 13.4. The van der Waals surface area contributed by atoms with Gasteiger partial charge in [-0.1, -0.05) is 0 Å². The Kier molecular flexibility index (Phi) is 6.43. The van der Waals surface area contributed by atoms with Crippen molar-refractivity contribution in [1.82, 2.24) is 15.1 Å². The van der Waals surface area contributed by atoms with Crippen LogP contribution < -0.4 is 11.1 Å². The van der Waals surface area contributed by atoms with Crippen LogP contribution in [0.3, 0.4) is 0 Å². The predicted octanol–water partition coefficient (Wildman–Crippen LogP) is 1.14. The second-order valence-electron chi connectivity index (χ2n) is 4.60. The molecule has 0 aliphatic rings. The summed E-state index contributed by atoms with van der Waals surface area (Å²) < 4.78 is 1.98. The third-order valence-electron chi connectivity index (χ3n) is 2.83. The molecule has 0 fully saturated rings. The van der Waals surface area contributed by atoms with E-state index in [0.717, 1.165) is 31.5 Å². The van der Waals surface area contributed by atoms with Crippen LogP contribution in [0.5, 0.6) is 0 Å². The third kappa shape index (κ3) is 5.31. The highest BCUT2D eigenvalue weighted by atomic mass is 16.1. The van der Waals surface area contributed by atoms with Gasteiger partial charge in [-0.2, -0.15) is 5.10 Å². The van der Waals surface area contributed by atoms with Crippen LogP contribution in [-0.2, 0) is 11.3 Å². The van der Waals surface area contributed by atoms with Gasteiger partial charge >= 0.3 is 0 Å². The van der Waals surface area contributed by atoms with Gasteiger partial charge in [-0.3, -0.25) is 9.48 Å². The van der Waals surface area contributed by atoms with Gasteiger partial charge in [-0.15, -0.1) is 0 Å². The summed E-state index contributed by atoms with van der Waals surface area (Å²) in [5, 5.41) is 7.29. The van der Waals surface area contributed by atoms with E-state index >= 15 is 0 Å². The number of carbonyl (C=O) groups is 1. The van der Waals surface area contributed by atoms with Gasteiger partial charge < -0.3 is 11.1 Å². The molecule has 0 saturated heterocycles. The van der Waals surface area contributed by atoms with Crippen LogP contribution in [-0.4, -0.2) is 28.8 Å². The Labute approximate surface area is 109 Å². The topological polar surface area (TPSA) is 72.9 Å². The maximum atomic E-state index is 11.4. The maximum absolute atomic E-state index is 11.4. The Morgan fingerprint density at radius 3 is 2.78 bits per heavy atom. The van der Waals surface area contributed by atoms with Crippen molar-refractivity contribution in [3.05, 3.63) is 17.5 Å². The van der Waals surface area contributed by atoms with Gasteiger partial charge in [0.25, 0.3) is 0 Å². The van der Waals surface area contributed by atoms with Crippen LogP contribution in [0.1, 0.15) is 37.1 Å². The van der Waals surface area contributed by atoms with Crippen molar-refractivity contribution in [1.29, 1.82) is 0 Å². The van der Waals surface area contributed by atoms with Crippen molar-refractivity contribution in [3.8, 4) is 0 Å². The van der Waals surface area contributed by atoms with Gasteiger partial charge in [0.15, 0.2) is 0 Å². The monoisotopic (exact) mass is 252 g/mol. The Bertz CT molecular complexity index is 373. The molecule has 5 heteroatoms. The Hall–Kier alpha value is -1.36. The van der Waals surface area contributed by atoms with Gasteiger partial charge in [0.05, 0.1) is 5.69 Å². The lowest BCUT2D eigenvalue weighted by molar-refractivity contribution is -0.121. The van der Waals surface area contributed by atoms with Crippen LogP contribution in [0.2, 0.25) is 0 Å². The lowest BCUT2D eigenvalue weighted by Crippen LogP contribution is -2.25. The summed E-state index contributed by atoms with van der Waals surface area (Å²) in [7, 11) is 0. The molecule has 0 aromatic carbocycles. The fraction of sp³-hybridized carbons (Fsp3) is 0.692. The summed E-state index contributed by atoms with van der Waals surface area (Å²) in [4.78, 5) is 11.4. The highest BCUT2D eigenvalue weighted by molar-refractivity contribution is 5.75. The first kappa shape index (κ1) is 14.7. The molecule has 5 nitrogen and oxygen atoms in total. The van der Waals surface area contributed by atoms with Crippen LogP contribution in [0.25, 0.3) is 0 Å². The number of hydrogen-bond acceptors (Lipinski definition) is 3. The van der Waals surface area contributed by atoms with Crippen LogP contribution >= 0.6 is 0 Å². The summed E-state index contributed by atoms with van der Waals surface area (Å²) in [5.74, 6) is 0.122. The largest absolute Gasteiger partial charge is 0.356 e. The molecular formula is C13H24N4O. The van der Waals surface area contributed by atoms with Crippen LogP contribution in [0.4, 0.5) is 0 Å². The number of rotatable bonds is 8. The summed E-state index contributed by atoms with van der Waals surface area (Å²) in [5.41, 5.74) is 7.58. The number of hydrogen-bond donors (Lipinski definition) is 2. The standard InChI is InChI=1S/C13H24N4O/c1-11-10-12(2)17(16-11)9-5-8-15-13(18)6-3-4-7-14/h10H,3-9,14H2,1-2H3,(H,15,18). The Morgan fingerprint density at radius 2 is 2.17 bits per heavy atom. The number of nitrogens with zero attached hydrogens (tertiary/aromatic N) is 2. The minimum Gasteiger partial charge on any atom is -0.356 e. The van der Waals surface area contributed by atoms with E-state index in [0.29, 0.717) is 19.5 Å². The maximum Gasteiger partial charge on any atom is 0.219 e. The molecule has 0 bridgehead atoms. The first-order valence-electron chi connectivity index (χ1n) is 6.61. The SMILES string of the molecule is Cc1cc(C)n(CCCNC(=O)CCCCN)n1. The fourth-order valence-corrected chi connectivity index (χ4v) is 1.88. The summed E-state index contributed by atoms with van der Waals surface area (Å²) in [6.45, 7) is 6.25. The second-order valence-corrected chi connectivity index (χ2v) is 4.60. The van der Waals surface area contributed by atoms with Crippen LogP contribution in [0, 0.1) is 13.8 Å². The van der Waals surface area contributed by atoms with Crippen molar-refractivity contribution in [2.45, 2.75) is 46.1 Å². The first-order valence-corrected chi connectivity index (χ1v) is 6.61. The summed E-state index contributed by atoms with van der Waals surface area (Å²) >= 11 is 0. The van der Waals surface area contributed by atoms with Crippen LogP contribution in [0.15, 0.2) is 6.07 Å². The summed E-state index contributed by atoms with van der Waals surface area (Å²) in [6.07, 6.45) is 3.28. The quantitative estimate of drug-likeness (QED) is 0.681. The number of nitrogens with two attached hydrogens (primary N) is 1. The number of unbranched alkanes of at least 4 members (excludes halogenated alkanes) is 1. The normalized spacial score (nSPS) is 10.6. The van der Waals surface area contributed by atoms with E-state index in [1.807, 2.05) is 18.5 Å². The number of amides is 1. The number of aromatic nitrogens is 2. The molecule has 1 rings (SSSR count). The smallest absolute Gasteiger partial charge is 0.219 e. The molecular weight excluding hydrogens is 228 g/mol. The highest BCUT2D eigenvalue weighted by Gasteiger charge is 2.02. The minimum absolute atomic E-state index is 0.122. The molecule has 1 aromatic heterocycles. The number of aryl methyl sites for hydroxylation is 3. The summed E-state index contributed by atoms with van der Waals surface area (Å²) in [6, 6.07) is 2.06. The molecule has 3 N–H and O–H groups in total. The van der Waals surface area contributed by atoms with Crippen molar-refractivity contribution < 1.29 is 4.79 Å². The fourth-order valence-electron chi connectivity index (χ4n) is 1.88. The molecule has 0 atom stereocenters. The Morgan fingerprint density at radius 1 is 1.39 bits per heavy atom. The van der Waals surface area contributed by atoms with Crippen molar-refractivity contribution in [3.63, 3.8) is 0 Å². The van der Waals surface area contributed by atoms with Gasteiger partial charge in [0, 0.05) is 25.2 Å². The molecule has 18 heavy (non-hydrogen) atoms. The lowest BCUT2D eigenvalue weighted by atomic mass is 10.2. The zero-order valence-corrected chi connectivity index (χ0v) is 11.4. The molecule has 0 spiro atoms. The molecule has 1 amide bonds. The third-order valence-corrected chi connectivity index (χ3v) is 2.83. The lowest BCUT2D eigenvalue weighted by Gasteiger charge is -2.06. The van der Waals surface area contributed by atoms with Gasteiger partial charge in [-0.05, 0) is 45.7 Å². The molecule has 0 saturated carbocycles. The van der Waals surface area contributed by atoms with Gasteiger partial charge in [-0.25, -0.2) is 0 Å². The predicted molar refractivity (Wildman–Crippen MR) is 72.2 cm³/mol. The zero-order valence-electron chi connectivity index (χ0n) is 11.4. The molecule has 0 radical (unpaired) electrons. The average Bonchev–Trinajstić information content (AvgIpc) is 2.64. The van der Waals surface area contributed by atoms with Crippen molar-refractivity contribution in [2.75, 3.05) is 13.1 Å². The van der Waals surface area contributed by atoms with Crippen molar-refractivity contribution >= 4 is 5.91 Å². The number of nitrogens with one attached hydrogen (secondary N) is 1. The van der Waals surface area contributed by atoms with Gasteiger partial charge in [0.1, 0.15) is 0 Å². The van der Waals surface area contributed by atoms with E-state index < -0.39 is 0 Å². The minimum atomic E-state index is 0.122. The molecule has 0 aliphatic carbocycles. The van der Waals surface area contributed by atoms with E-state index in [1.54, 1.807) is 0 Å². The first-order chi connectivity index (χ1) is 8.63. The molecule has 0 aliphatic heterocycles. The van der Waals surface area contributed by atoms with E-state index in [1.165, 1.54) is 5.69 Å². The second kappa shape index (κ2) is 7.87. The molecule has 1 aromatic rings. The van der Waals surface area contributed by atoms with E-state index in [4.69, 9.17) is 5.73 Å². The highest BCUT2D eigenvalue weighted by Crippen LogP contribution is 2.02. The van der Waals surface area contributed by atoms with E-state index in [9.17, 15) is 4.79 Å². The van der Waals surface area contributed by atoms with Gasteiger partial charge in [0.2, 0.25) is 5.91 Å². The van der Waals surface area contributed by atoms with E-state index in [-0.39, 0.29) is 5.91 Å². The molecule has 1 heterocycles. The molecule has 0 unspecified atom stereocenters. The Balaban J connectivity index is 2.11.